The van der Waals surface area contributed by atoms with Crippen molar-refractivity contribution in [3.8, 4) is 11.3 Å². The molecule has 0 aliphatic carbocycles. The molecule has 0 unspecified atom stereocenters. The first kappa shape index (κ1) is 21.2. The molecule has 2 aliphatic heterocycles. The van der Waals surface area contributed by atoms with Crippen LogP contribution >= 0.6 is 11.6 Å². The number of nitrogens with one attached hydrogen (secondary N) is 2. The number of hydrogen-bond acceptors (Lipinski definition) is 6. The van der Waals surface area contributed by atoms with E-state index in [0.717, 1.165) is 81.3 Å². The van der Waals surface area contributed by atoms with Gasteiger partial charge in [-0.25, -0.2) is 4.98 Å². The Morgan fingerprint density at radius 3 is 2.93 bits per heavy atom. The number of hydrogen-bond donors (Lipinski definition) is 2. The number of nitrogens with zero attached hydrogens (tertiary/aromatic N) is 2. The molecule has 0 spiro atoms. The van der Waals surface area contributed by atoms with Crippen molar-refractivity contribution in [3.63, 3.8) is 0 Å². The molecule has 160 valence electrons. The van der Waals surface area contributed by atoms with E-state index in [1.165, 1.54) is 0 Å². The van der Waals surface area contributed by atoms with Crippen molar-refractivity contribution in [2.75, 3.05) is 38.2 Å². The Morgan fingerprint density at radius 1 is 1.27 bits per heavy atom. The number of carbonyl (C=O) groups excluding carboxylic acids is 1. The first-order valence-electron chi connectivity index (χ1n) is 10.9. The Bertz CT molecular complexity index is 864. The highest BCUT2D eigenvalue weighted by molar-refractivity contribution is 6.33. The summed E-state index contributed by atoms with van der Waals surface area (Å²) in [4.78, 5) is 21.8. The van der Waals surface area contributed by atoms with Crippen LogP contribution in [0, 0.1) is 11.8 Å². The maximum absolute atomic E-state index is 12.6. The quantitative estimate of drug-likeness (QED) is 0.699. The Morgan fingerprint density at radius 2 is 2.13 bits per heavy atom. The van der Waals surface area contributed by atoms with Gasteiger partial charge in [0.15, 0.2) is 0 Å². The molecule has 4 rings (SSSR count). The minimum Gasteiger partial charge on any atom is -0.381 e. The standard InChI is InChI=1S/C23H29ClN4O2/c24-20-15-26-18(12-22(29)17-3-2-8-25-14-17)11-19(20)21-4-1-5-23(28-21)27-13-16-6-9-30-10-7-16/h1,4-5,11,15-17,25H,2-3,6-10,12-14H2,(H,27,28)/t17-/m0/s1. The summed E-state index contributed by atoms with van der Waals surface area (Å²) in [5.74, 6) is 1.76. The lowest BCUT2D eigenvalue weighted by atomic mass is 9.92. The molecule has 2 fully saturated rings. The van der Waals surface area contributed by atoms with Gasteiger partial charge in [0, 0.05) is 56.1 Å². The fourth-order valence-electron chi connectivity index (χ4n) is 4.11. The van der Waals surface area contributed by atoms with Gasteiger partial charge < -0.3 is 15.4 Å². The predicted molar refractivity (Wildman–Crippen MR) is 119 cm³/mol. The van der Waals surface area contributed by atoms with Crippen LogP contribution in [0.25, 0.3) is 11.3 Å². The Kier molecular flexibility index (Phi) is 7.31. The SMILES string of the molecule is O=C(Cc1cc(-c2cccc(NCC3CCOCC3)n2)c(Cl)cn1)[C@H]1CCCNC1. The van der Waals surface area contributed by atoms with Crippen LogP contribution in [0.4, 0.5) is 5.82 Å². The second-order valence-electron chi connectivity index (χ2n) is 8.19. The van der Waals surface area contributed by atoms with Crippen molar-refractivity contribution in [2.45, 2.75) is 32.1 Å². The van der Waals surface area contributed by atoms with Gasteiger partial charge in [-0.2, -0.15) is 0 Å². The van der Waals surface area contributed by atoms with Gasteiger partial charge in [-0.05, 0) is 56.3 Å². The predicted octanol–water partition coefficient (Wildman–Crippen LogP) is 3.75. The number of ketones is 1. The summed E-state index contributed by atoms with van der Waals surface area (Å²) in [5.41, 5.74) is 2.34. The number of rotatable bonds is 7. The molecule has 4 heterocycles. The van der Waals surface area contributed by atoms with Crippen molar-refractivity contribution in [1.82, 2.24) is 15.3 Å². The summed E-state index contributed by atoms with van der Waals surface area (Å²) in [6.45, 7) is 4.33. The molecule has 2 N–H and O–H groups in total. The number of pyridine rings is 2. The van der Waals surface area contributed by atoms with Crippen LogP contribution in [0.5, 0.6) is 0 Å². The number of piperidine rings is 1. The zero-order valence-corrected chi connectivity index (χ0v) is 18.0. The lowest BCUT2D eigenvalue weighted by molar-refractivity contribution is -0.122. The maximum atomic E-state index is 12.6. The molecule has 6 nitrogen and oxygen atoms in total. The lowest BCUT2D eigenvalue weighted by Gasteiger charge is -2.22. The highest BCUT2D eigenvalue weighted by Crippen LogP contribution is 2.28. The number of Topliss-reactive ketones (excluding diaryl/α,β-unsaturated/α-hetero) is 1. The van der Waals surface area contributed by atoms with E-state index in [0.29, 0.717) is 17.4 Å². The van der Waals surface area contributed by atoms with Gasteiger partial charge in [-0.15, -0.1) is 0 Å². The van der Waals surface area contributed by atoms with E-state index < -0.39 is 0 Å². The summed E-state index contributed by atoms with van der Waals surface area (Å²) >= 11 is 6.44. The van der Waals surface area contributed by atoms with Crippen LogP contribution in [0.15, 0.2) is 30.5 Å². The summed E-state index contributed by atoms with van der Waals surface area (Å²) in [6.07, 6.45) is 6.12. The van der Waals surface area contributed by atoms with Crippen LogP contribution in [0.2, 0.25) is 5.02 Å². The van der Waals surface area contributed by atoms with E-state index >= 15 is 0 Å². The Labute approximate surface area is 182 Å². The van der Waals surface area contributed by atoms with Crippen molar-refractivity contribution in [2.24, 2.45) is 11.8 Å². The molecule has 2 aromatic rings. The highest BCUT2D eigenvalue weighted by Gasteiger charge is 2.22. The first-order valence-corrected chi connectivity index (χ1v) is 11.2. The summed E-state index contributed by atoms with van der Waals surface area (Å²) < 4.78 is 5.43. The molecule has 0 bridgehead atoms. The van der Waals surface area contributed by atoms with Crippen molar-refractivity contribution in [1.29, 1.82) is 0 Å². The second kappa shape index (κ2) is 10.3. The molecular weight excluding hydrogens is 400 g/mol. The van der Waals surface area contributed by atoms with Gasteiger partial charge in [0.05, 0.1) is 10.7 Å². The van der Waals surface area contributed by atoms with E-state index in [1.54, 1.807) is 6.20 Å². The number of ether oxygens (including phenoxy) is 1. The van der Waals surface area contributed by atoms with Gasteiger partial charge in [-0.1, -0.05) is 17.7 Å². The van der Waals surface area contributed by atoms with Gasteiger partial charge in [-0.3, -0.25) is 9.78 Å². The van der Waals surface area contributed by atoms with Gasteiger partial charge in [0.1, 0.15) is 11.6 Å². The third kappa shape index (κ3) is 5.56. The maximum Gasteiger partial charge on any atom is 0.143 e. The molecule has 2 saturated heterocycles. The molecule has 7 heteroatoms. The minimum atomic E-state index is 0.0792. The lowest BCUT2D eigenvalue weighted by Crippen LogP contribution is -2.35. The number of anilines is 1. The van der Waals surface area contributed by atoms with Gasteiger partial charge in [0.25, 0.3) is 0 Å². The minimum absolute atomic E-state index is 0.0792. The second-order valence-corrected chi connectivity index (χ2v) is 8.59. The molecule has 0 amide bonds. The van der Waals surface area contributed by atoms with Crippen LogP contribution in [-0.4, -0.2) is 48.6 Å². The van der Waals surface area contributed by atoms with Crippen LogP contribution in [0.3, 0.4) is 0 Å². The number of halogens is 1. The number of aromatic nitrogens is 2. The summed E-state index contributed by atoms with van der Waals surface area (Å²) in [6, 6.07) is 7.79. The molecule has 0 aromatic carbocycles. The van der Waals surface area contributed by atoms with E-state index in [1.807, 2.05) is 24.3 Å². The van der Waals surface area contributed by atoms with Crippen LogP contribution in [-0.2, 0) is 16.0 Å². The van der Waals surface area contributed by atoms with E-state index in [9.17, 15) is 4.79 Å². The average molecular weight is 429 g/mol. The Hall–Kier alpha value is -2.02. The third-order valence-corrected chi connectivity index (χ3v) is 6.26. The summed E-state index contributed by atoms with van der Waals surface area (Å²) in [5, 5.41) is 7.29. The molecular formula is C23H29ClN4O2. The largest absolute Gasteiger partial charge is 0.381 e. The topological polar surface area (TPSA) is 76.1 Å². The number of carbonyl (C=O) groups is 1. The smallest absolute Gasteiger partial charge is 0.143 e. The highest BCUT2D eigenvalue weighted by atomic mass is 35.5. The fraction of sp³-hybridized carbons (Fsp3) is 0.522. The normalized spacial score (nSPS) is 20.1. The molecule has 0 saturated carbocycles. The monoisotopic (exact) mass is 428 g/mol. The third-order valence-electron chi connectivity index (χ3n) is 5.96. The van der Waals surface area contributed by atoms with E-state index in [-0.39, 0.29) is 11.7 Å². The van der Waals surface area contributed by atoms with E-state index in [4.69, 9.17) is 21.3 Å². The average Bonchev–Trinajstić information content (AvgIpc) is 2.80. The van der Waals surface area contributed by atoms with Crippen LogP contribution in [0.1, 0.15) is 31.4 Å². The first-order chi connectivity index (χ1) is 14.7. The molecule has 0 radical (unpaired) electrons. The zero-order chi connectivity index (χ0) is 20.8. The summed E-state index contributed by atoms with van der Waals surface area (Å²) in [7, 11) is 0. The molecule has 1 atom stereocenters. The van der Waals surface area contributed by atoms with Crippen molar-refractivity contribution in [3.05, 3.63) is 41.2 Å². The molecule has 2 aliphatic rings. The van der Waals surface area contributed by atoms with E-state index in [2.05, 4.69) is 15.6 Å². The van der Waals surface area contributed by atoms with Gasteiger partial charge >= 0.3 is 0 Å². The fourth-order valence-corrected chi connectivity index (χ4v) is 4.31. The van der Waals surface area contributed by atoms with Crippen LogP contribution < -0.4 is 10.6 Å². The van der Waals surface area contributed by atoms with Crippen molar-refractivity contribution < 1.29 is 9.53 Å². The molecule has 2 aromatic heterocycles. The van der Waals surface area contributed by atoms with Crippen molar-refractivity contribution >= 4 is 23.2 Å². The Balaban J connectivity index is 1.45. The molecule has 30 heavy (non-hydrogen) atoms. The zero-order valence-electron chi connectivity index (χ0n) is 17.2. The van der Waals surface area contributed by atoms with Gasteiger partial charge in [0.2, 0.25) is 0 Å².